The molecule has 0 aliphatic carbocycles. The number of rotatable bonds is 2. The number of hydrogen-bond donors (Lipinski definition) is 0. The molecule has 2 heterocycles. The van der Waals surface area contributed by atoms with Gasteiger partial charge in [0, 0.05) is 16.1 Å². The second-order valence-electron chi connectivity index (χ2n) is 6.53. The molecule has 0 atom stereocenters. The van der Waals surface area contributed by atoms with E-state index in [0.29, 0.717) is 21.8 Å². The summed E-state index contributed by atoms with van der Waals surface area (Å²) in [5, 5.41) is 5.18. The molecular weight excluding hydrogens is 350 g/mol. The van der Waals surface area contributed by atoms with E-state index in [4.69, 9.17) is 23.2 Å². The van der Waals surface area contributed by atoms with E-state index in [9.17, 15) is 9.18 Å². The Morgan fingerprint density at radius 3 is 2.33 bits per heavy atom. The van der Waals surface area contributed by atoms with Gasteiger partial charge < -0.3 is 0 Å². The normalized spacial score (nSPS) is 11.9. The van der Waals surface area contributed by atoms with Gasteiger partial charge in [-0.1, -0.05) is 44.0 Å². The molecule has 0 aliphatic rings. The molecule has 3 nitrogen and oxygen atoms in total. The van der Waals surface area contributed by atoms with Gasteiger partial charge >= 0.3 is 0 Å². The first-order valence-corrected chi connectivity index (χ1v) is 8.05. The van der Waals surface area contributed by atoms with Crippen molar-refractivity contribution in [3.8, 4) is 11.3 Å². The zero-order valence-electron chi connectivity index (χ0n) is 13.3. The van der Waals surface area contributed by atoms with E-state index in [0.717, 1.165) is 5.56 Å². The van der Waals surface area contributed by atoms with Crippen molar-refractivity contribution in [3.63, 3.8) is 0 Å². The summed E-state index contributed by atoms with van der Waals surface area (Å²) in [7, 11) is 0. The standard InChI is InChI=1S/C18H14Cl2FN2O/c1-18(2,3)15-13(19)8-14(20)23-17(15)12(9-24)16(22-23)10-4-6-11(21)7-5-10/h4-8H,1-3H3. The Morgan fingerprint density at radius 2 is 1.79 bits per heavy atom. The van der Waals surface area contributed by atoms with Crippen molar-refractivity contribution in [2.24, 2.45) is 0 Å². The van der Waals surface area contributed by atoms with E-state index < -0.39 is 0 Å². The predicted molar refractivity (Wildman–Crippen MR) is 94.1 cm³/mol. The first kappa shape index (κ1) is 16.9. The third-order valence-electron chi connectivity index (χ3n) is 3.78. The van der Waals surface area contributed by atoms with Crippen LogP contribution in [0.1, 0.15) is 31.9 Å². The fourth-order valence-electron chi connectivity index (χ4n) is 2.77. The Kier molecular flexibility index (Phi) is 4.14. The minimum Gasteiger partial charge on any atom is -0.285 e. The highest BCUT2D eigenvalue weighted by Gasteiger charge is 2.27. The number of benzene rings is 1. The summed E-state index contributed by atoms with van der Waals surface area (Å²) >= 11 is 12.7. The monoisotopic (exact) mass is 363 g/mol. The maximum atomic E-state index is 13.2. The van der Waals surface area contributed by atoms with Crippen molar-refractivity contribution < 1.29 is 9.18 Å². The second-order valence-corrected chi connectivity index (χ2v) is 7.33. The van der Waals surface area contributed by atoms with Crippen LogP contribution < -0.4 is 0 Å². The summed E-state index contributed by atoms with van der Waals surface area (Å²) in [5.41, 5.74) is 2.19. The summed E-state index contributed by atoms with van der Waals surface area (Å²) in [5.74, 6) is -0.365. The van der Waals surface area contributed by atoms with Gasteiger partial charge in [0.15, 0.2) is 0 Å². The zero-order valence-corrected chi connectivity index (χ0v) is 14.8. The minimum absolute atomic E-state index is 0.260. The van der Waals surface area contributed by atoms with Crippen LogP contribution in [0.15, 0.2) is 30.3 Å². The van der Waals surface area contributed by atoms with Crippen molar-refractivity contribution in [3.05, 3.63) is 57.5 Å². The first-order valence-electron chi connectivity index (χ1n) is 7.29. The fraction of sp³-hybridized carbons (Fsp3) is 0.222. The van der Waals surface area contributed by atoms with Crippen LogP contribution in [0.5, 0.6) is 0 Å². The topological polar surface area (TPSA) is 34.4 Å². The minimum atomic E-state index is -0.365. The third-order valence-corrected chi connectivity index (χ3v) is 4.35. The van der Waals surface area contributed by atoms with Crippen molar-refractivity contribution in [2.75, 3.05) is 0 Å². The number of fused-ring (bicyclic) bond motifs is 1. The molecule has 0 unspecified atom stereocenters. The summed E-state index contributed by atoms with van der Waals surface area (Å²) < 4.78 is 14.7. The number of nitrogens with zero attached hydrogens (tertiary/aromatic N) is 2. The van der Waals surface area contributed by atoms with E-state index in [-0.39, 0.29) is 21.9 Å². The lowest BCUT2D eigenvalue weighted by Crippen LogP contribution is -2.14. The predicted octanol–water partition coefficient (Wildman–Crippen LogP) is 5.20. The Hall–Kier alpha value is -1.91. The van der Waals surface area contributed by atoms with Crippen LogP contribution in [0.2, 0.25) is 10.2 Å². The maximum absolute atomic E-state index is 13.2. The van der Waals surface area contributed by atoms with Crippen LogP contribution in [0, 0.1) is 5.82 Å². The van der Waals surface area contributed by atoms with Gasteiger partial charge in [-0.15, -0.1) is 0 Å². The lowest BCUT2D eigenvalue weighted by molar-refractivity contribution is 0.563. The van der Waals surface area contributed by atoms with Gasteiger partial charge in [-0.2, -0.15) is 5.10 Å². The Labute approximate surface area is 149 Å². The van der Waals surface area contributed by atoms with E-state index in [1.54, 1.807) is 18.2 Å². The number of carbonyl (C=O) groups excluding carboxylic acids is 1. The quantitative estimate of drug-likeness (QED) is 0.586. The Bertz CT molecular complexity index is 941. The Morgan fingerprint density at radius 1 is 1.17 bits per heavy atom. The average Bonchev–Trinajstić information content (AvgIpc) is 2.86. The molecule has 3 aromatic rings. The molecule has 0 amide bonds. The largest absolute Gasteiger partial charge is 0.285 e. The zero-order chi connectivity index (χ0) is 17.6. The fourth-order valence-corrected chi connectivity index (χ4v) is 3.54. The van der Waals surface area contributed by atoms with Gasteiger partial charge in [0.1, 0.15) is 16.7 Å². The average molecular weight is 364 g/mol. The number of hydrogen-bond acceptors (Lipinski definition) is 2. The lowest BCUT2D eigenvalue weighted by Gasteiger charge is -2.22. The van der Waals surface area contributed by atoms with E-state index in [1.165, 1.54) is 16.6 Å². The van der Waals surface area contributed by atoms with Gasteiger partial charge in [-0.25, -0.2) is 8.91 Å². The molecule has 0 fully saturated rings. The molecule has 123 valence electrons. The van der Waals surface area contributed by atoms with Crippen molar-refractivity contribution >= 4 is 35.0 Å². The van der Waals surface area contributed by atoms with Gasteiger partial charge in [-0.05, 0) is 35.7 Å². The number of pyridine rings is 1. The van der Waals surface area contributed by atoms with Gasteiger partial charge in [0.2, 0.25) is 6.29 Å². The van der Waals surface area contributed by atoms with Crippen LogP contribution in [0.4, 0.5) is 4.39 Å². The summed E-state index contributed by atoms with van der Waals surface area (Å²) in [4.78, 5) is 11.7. The van der Waals surface area contributed by atoms with Crippen LogP contribution >= 0.6 is 23.2 Å². The van der Waals surface area contributed by atoms with E-state index >= 15 is 0 Å². The number of aromatic nitrogens is 2. The Balaban J connectivity index is 2.45. The second kappa shape index (κ2) is 5.87. The summed E-state index contributed by atoms with van der Waals surface area (Å²) in [6.45, 7) is 5.96. The van der Waals surface area contributed by atoms with Crippen LogP contribution in [-0.4, -0.2) is 15.9 Å². The highest BCUT2D eigenvalue weighted by Crippen LogP contribution is 2.39. The van der Waals surface area contributed by atoms with E-state index in [1.807, 2.05) is 27.1 Å². The first-order chi connectivity index (χ1) is 11.2. The molecule has 0 bridgehead atoms. The van der Waals surface area contributed by atoms with Crippen molar-refractivity contribution in [1.29, 1.82) is 0 Å². The highest BCUT2D eigenvalue weighted by molar-refractivity contribution is 6.35. The molecule has 3 rings (SSSR count). The molecule has 0 saturated heterocycles. The molecular formula is C18H14Cl2FN2O. The molecule has 6 heteroatoms. The molecule has 0 aliphatic heterocycles. The molecule has 1 radical (unpaired) electrons. The van der Waals surface area contributed by atoms with Crippen molar-refractivity contribution in [2.45, 2.75) is 26.2 Å². The molecule has 0 spiro atoms. The van der Waals surface area contributed by atoms with Crippen LogP contribution in [0.3, 0.4) is 0 Å². The molecule has 0 saturated carbocycles. The smallest absolute Gasteiger partial charge is 0.238 e. The van der Waals surface area contributed by atoms with Gasteiger partial charge in [0.05, 0.1) is 11.1 Å². The SMILES string of the molecule is CC(C)(C)c1c(Cl)cc(Cl)n2nc(-c3ccc(F)cc3)c([C]=O)c12. The molecule has 0 N–H and O–H groups in total. The summed E-state index contributed by atoms with van der Waals surface area (Å²) in [6.07, 6.45) is 1.95. The lowest BCUT2D eigenvalue weighted by atomic mass is 9.85. The van der Waals surface area contributed by atoms with Crippen LogP contribution in [0.25, 0.3) is 16.8 Å². The maximum Gasteiger partial charge on any atom is 0.238 e. The van der Waals surface area contributed by atoms with E-state index in [2.05, 4.69) is 5.10 Å². The van der Waals surface area contributed by atoms with Gasteiger partial charge in [0.25, 0.3) is 0 Å². The molecule has 2 aromatic heterocycles. The highest BCUT2D eigenvalue weighted by atomic mass is 35.5. The van der Waals surface area contributed by atoms with Gasteiger partial charge in [-0.3, -0.25) is 4.79 Å². The number of halogens is 3. The van der Waals surface area contributed by atoms with Crippen LogP contribution in [-0.2, 0) is 10.2 Å². The summed E-state index contributed by atoms with van der Waals surface area (Å²) in [6, 6.07) is 7.35. The molecule has 24 heavy (non-hydrogen) atoms. The van der Waals surface area contributed by atoms with Crippen molar-refractivity contribution in [1.82, 2.24) is 9.61 Å². The third kappa shape index (κ3) is 2.70. The molecule has 1 aromatic carbocycles.